The number of benzene rings is 1. The lowest BCUT2D eigenvalue weighted by molar-refractivity contribution is 0.354. The van der Waals surface area contributed by atoms with Crippen molar-refractivity contribution in [2.24, 2.45) is 0 Å². The number of hydrogen-bond donors (Lipinski definition) is 1. The summed E-state index contributed by atoms with van der Waals surface area (Å²) in [5, 5.41) is 3.25. The molecule has 1 aromatic heterocycles. The van der Waals surface area contributed by atoms with Crippen molar-refractivity contribution >= 4 is 18.4 Å². The summed E-state index contributed by atoms with van der Waals surface area (Å²) < 4.78 is 10.5. The molecule has 22 heavy (non-hydrogen) atoms. The molecule has 1 aromatic carbocycles. The Balaban J connectivity index is 0.00000242. The minimum absolute atomic E-state index is 0. The molecule has 2 aromatic rings. The van der Waals surface area contributed by atoms with Crippen LogP contribution < -0.4 is 14.8 Å². The molecular formula is C16H22ClN3O2. The Kier molecular flexibility index (Phi) is 6.92. The molecule has 120 valence electrons. The van der Waals surface area contributed by atoms with Crippen LogP contribution in [0.15, 0.2) is 24.3 Å². The van der Waals surface area contributed by atoms with Crippen LogP contribution in [0, 0.1) is 13.8 Å². The lowest BCUT2D eigenvalue weighted by Gasteiger charge is -2.10. The lowest BCUT2D eigenvalue weighted by Crippen LogP contribution is -2.09. The van der Waals surface area contributed by atoms with E-state index >= 15 is 0 Å². The molecule has 0 fully saturated rings. The maximum absolute atomic E-state index is 5.30. The molecule has 0 amide bonds. The van der Waals surface area contributed by atoms with Gasteiger partial charge in [-0.1, -0.05) is 6.07 Å². The van der Waals surface area contributed by atoms with Crippen molar-refractivity contribution in [1.82, 2.24) is 9.97 Å². The van der Waals surface area contributed by atoms with Gasteiger partial charge in [0.15, 0.2) is 11.5 Å². The van der Waals surface area contributed by atoms with E-state index in [-0.39, 0.29) is 12.4 Å². The van der Waals surface area contributed by atoms with E-state index in [1.165, 1.54) is 5.56 Å². The summed E-state index contributed by atoms with van der Waals surface area (Å²) >= 11 is 0. The number of nitrogens with one attached hydrogen (secondary N) is 1. The van der Waals surface area contributed by atoms with Crippen molar-refractivity contribution in [3.63, 3.8) is 0 Å². The third-order valence-corrected chi connectivity index (χ3v) is 3.13. The van der Waals surface area contributed by atoms with Crippen LogP contribution in [0.2, 0.25) is 0 Å². The fraction of sp³-hybridized carbons (Fsp3) is 0.375. The summed E-state index contributed by atoms with van der Waals surface area (Å²) in [6, 6.07) is 7.90. The van der Waals surface area contributed by atoms with E-state index in [9.17, 15) is 0 Å². The number of hydrogen-bond acceptors (Lipinski definition) is 5. The van der Waals surface area contributed by atoms with Crippen LogP contribution in [0.3, 0.4) is 0 Å². The summed E-state index contributed by atoms with van der Waals surface area (Å²) in [6.45, 7) is 4.70. The molecule has 6 heteroatoms. The molecule has 0 saturated carbocycles. The molecule has 0 radical (unpaired) electrons. The zero-order chi connectivity index (χ0) is 15.2. The Morgan fingerprint density at radius 3 is 2.18 bits per heavy atom. The molecule has 0 aliphatic heterocycles. The average Bonchev–Trinajstić information content (AvgIpc) is 2.46. The first-order valence-electron chi connectivity index (χ1n) is 6.89. The van der Waals surface area contributed by atoms with E-state index in [2.05, 4.69) is 15.3 Å². The van der Waals surface area contributed by atoms with Gasteiger partial charge in [0.1, 0.15) is 0 Å². The van der Waals surface area contributed by atoms with Crippen molar-refractivity contribution in [2.75, 3.05) is 26.1 Å². The highest BCUT2D eigenvalue weighted by molar-refractivity contribution is 5.85. The lowest BCUT2D eigenvalue weighted by atomic mass is 10.1. The SMILES string of the molecule is COc1ccc(CCNc2nc(C)cc(C)n2)cc1OC.Cl. The number of aryl methyl sites for hydroxylation is 2. The van der Waals surface area contributed by atoms with Gasteiger partial charge >= 0.3 is 0 Å². The minimum Gasteiger partial charge on any atom is -0.493 e. The van der Waals surface area contributed by atoms with Crippen LogP contribution in [-0.4, -0.2) is 30.7 Å². The van der Waals surface area contributed by atoms with Crippen molar-refractivity contribution in [3.05, 3.63) is 41.2 Å². The van der Waals surface area contributed by atoms with E-state index in [0.717, 1.165) is 35.9 Å². The minimum atomic E-state index is 0. The van der Waals surface area contributed by atoms with Gasteiger partial charge in [0.2, 0.25) is 5.95 Å². The summed E-state index contributed by atoms with van der Waals surface area (Å²) in [5.74, 6) is 2.16. The molecule has 0 atom stereocenters. The topological polar surface area (TPSA) is 56.3 Å². The highest BCUT2D eigenvalue weighted by Crippen LogP contribution is 2.27. The maximum Gasteiger partial charge on any atom is 0.223 e. The van der Waals surface area contributed by atoms with E-state index in [4.69, 9.17) is 9.47 Å². The van der Waals surface area contributed by atoms with Gasteiger partial charge in [-0.05, 0) is 44.0 Å². The van der Waals surface area contributed by atoms with Gasteiger partial charge in [-0.15, -0.1) is 12.4 Å². The number of nitrogens with zero attached hydrogens (tertiary/aromatic N) is 2. The van der Waals surface area contributed by atoms with Crippen molar-refractivity contribution < 1.29 is 9.47 Å². The van der Waals surface area contributed by atoms with Crippen LogP contribution >= 0.6 is 12.4 Å². The Labute approximate surface area is 137 Å². The van der Waals surface area contributed by atoms with Crippen LogP contribution in [0.1, 0.15) is 17.0 Å². The Hall–Kier alpha value is -2.01. The first-order chi connectivity index (χ1) is 10.1. The van der Waals surface area contributed by atoms with Crippen LogP contribution in [0.25, 0.3) is 0 Å². The van der Waals surface area contributed by atoms with Gasteiger partial charge in [0, 0.05) is 17.9 Å². The van der Waals surface area contributed by atoms with Crippen molar-refractivity contribution in [3.8, 4) is 11.5 Å². The Morgan fingerprint density at radius 1 is 0.955 bits per heavy atom. The summed E-state index contributed by atoms with van der Waals surface area (Å²) in [7, 11) is 3.28. The molecule has 5 nitrogen and oxygen atoms in total. The molecule has 0 bridgehead atoms. The second-order valence-corrected chi connectivity index (χ2v) is 4.84. The molecule has 0 saturated heterocycles. The predicted molar refractivity (Wildman–Crippen MR) is 90.5 cm³/mol. The monoisotopic (exact) mass is 323 g/mol. The van der Waals surface area contributed by atoms with Crippen molar-refractivity contribution in [2.45, 2.75) is 20.3 Å². The van der Waals surface area contributed by atoms with Gasteiger partial charge in [-0.3, -0.25) is 0 Å². The van der Waals surface area contributed by atoms with Crippen LogP contribution in [-0.2, 0) is 6.42 Å². The number of anilines is 1. The zero-order valence-electron chi connectivity index (χ0n) is 13.3. The van der Waals surface area contributed by atoms with Gasteiger partial charge in [0.05, 0.1) is 14.2 Å². The maximum atomic E-state index is 5.30. The third kappa shape index (κ3) is 4.77. The van der Waals surface area contributed by atoms with E-state index in [0.29, 0.717) is 5.95 Å². The largest absolute Gasteiger partial charge is 0.493 e. The van der Waals surface area contributed by atoms with E-state index < -0.39 is 0 Å². The number of ether oxygens (including phenoxy) is 2. The molecule has 0 spiro atoms. The summed E-state index contributed by atoms with van der Waals surface area (Å²) in [5.41, 5.74) is 3.11. The smallest absolute Gasteiger partial charge is 0.223 e. The second-order valence-electron chi connectivity index (χ2n) is 4.84. The number of halogens is 1. The molecule has 1 heterocycles. The first-order valence-corrected chi connectivity index (χ1v) is 6.89. The fourth-order valence-corrected chi connectivity index (χ4v) is 2.16. The molecule has 0 unspecified atom stereocenters. The van der Waals surface area contributed by atoms with Crippen LogP contribution in [0.4, 0.5) is 5.95 Å². The second kappa shape index (κ2) is 8.44. The summed E-state index contributed by atoms with van der Waals surface area (Å²) in [6.07, 6.45) is 0.858. The molecule has 2 rings (SSSR count). The van der Waals surface area contributed by atoms with Gasteiger partial charge in [0.25, 0.3) is 0 Å². The number of methoxy groups -OCH3 is 2. The Bertz CT molecular complexity index is 600. The fourth-order valence-electron chi connectivity index (χ4n) is 2.16. The van der Waals surface area contributed by atoms with Gasteiger partial charge < -0.3 is 14.8 Å². The third-order valence-electron chi connectivity index (χ3n) is 3.13. The molecule has 0 aliphatic carbocycles. The molecule has 1 N–H and O–H groups in total. The van der Waals surface area contributed by atoms with Gasteiger partial charge in [-0.25, -0.2) is 9.97 Å². The highest BCUT2D eigenvalue weighted by Gasteiger charge is 2.05. The molecular weight excluding hydrogens is 302 g/mol. The normalized spacial score (nSPS) is 9.82. The summed E-state index contributed by atoms with van der Waals surface area (Å²) in [4.78, 5) is 8.72. The average molecular weight is 324 g/mol. The van der Waals surface area contributed by atoms with Gasteiger partial charge in [-0.2, -0.15) is 0 Å². The predicted octanol–water partition coefficient (Wildman–Crippen LogP) is 3.19. The number of aromatic nitrogens is 2. The highest BCUT2D eigenvalue weighted by atomic mass is 35.5. The van der Waals surface area contributed by atoms with E-state index in [1.54, 1.807) is 14.2 Å². The number of rotatable bonds is 6. The standard InChI is InChI=1S/C16H21N3O2.ClH/c1-11-9-12(2)19-16(18-11)17-8-7-13-5-6-14(20-3)15(10-13)21-4;/h5-6,9-10H,7-8H2,1-4H3,(H,17,18,19);1H. The zero-order valence-corrected chi connectivity index (χ0v) is 14.2. The molecule has 0 aliphatic rings. The quantitative estimate of drug-likeness (QED) is 0.884. The first kappa shape index (κ1) is 18.0. The van der Waals surface area contributed by atoms with Crippen molar-refractivity contribution in [1.29, 1.82) is 0 Å². The van der Waals surface area contributed by atoms with Crippen LogP contribution in [0.5, 0.6) is 11.5 Å². The van der Waals surface area contributed by atoms with E-state index in [1.807, 2.05) is 38.1 Å². The Morgan fingerprint density at radius 2 is 1.59 bits per heavy atom.